The second-order valence-electron chi connectivity index (χ2n) is 2.95. The van der Waals surface area contributed by atoms with Gasteiger partial charge in [0, 0.05) is 29.4 Å². The van der Waals surface area contributed by atoms with Gasteiger partial charge in [-0.05, 0) is 6.42 Å². The van der Waals surface area contributed by atoms with Crippen molar-refractivity contribution in [3.8, 4) is 0 Å². The number of hydrogen-bond donors (Lipinski definition) is 1. The van der Waals surface area contributed by atoms with E-state index >= 15 is 0 Å². The average molecular weight is 234 g/mol. The SMILES string of the molecule is CCCCCCP(=O)(O)CC.[Fe]. The van der Waals surface area contributed by atoms with Crippen LogP contribution < -0.4 is 0 Å². The monoisotopic (exact) mass is 234 g/mol. The molecule has 0 fully saturated rings. The Hall–Kier alpha value is 0.709. The van der Waals surface area contributed by atoms with E-state index in [2.05, 4.69) is 6.92 Å². The van der Waals surface area contributed by atoms with Gasteiger partial charge in [0.25, 0.3) is 0 Å². The summed E-state index contributed by atoms with van der Waals surface area (Å²) in [6.07, 6.45) is 5.32. The molecule has 2 nitrogen and oxygen atoms in total. The van der Waals surface area contributed by atoms with Gasteiger partial charge >= 0.3 is 0 Å². The third-order valence-electron chi connectivity index (χ3n) is 1.86. The molecule has 0 aromatic rings. The Balaban J connectivity index is 0. The van der Waals surface area contributed by atoms with Crippen molar-refractivity contribution in [3.63, 3.8) is 0 Å². The molecule has 1 N–H and O–H groups in total. The summed E-state index contributed by atoms with van der Waals surface area (Å²) in [6, 6.07) is 0. The molecule has 0 heterocycles. The van der Waals surface area contributed by atoms with Crippen LogP contribution in [0.3, 0.4) is 0 Å². The Morgan fingerprint density at radius 2 is 1.75 bits per heavy atom. The van der Waals surface area contributed by atoms with Crippen LogP contribution in [0, 0.1) is 0 Å². The van der Waals surface area contributed by atoms with E-state index in [1.807, 2.05) is 0 Å². The van der Waals surface area contributed by atoms with E-state index in [0.717, 1.165) is 12.8 Å². The molecule has 0 aliphatic rings. The largest absolute Gasteiger partial charge is 0.344 e. The average Bonchev–Trinajstić information content (AvgIpc) is 1.99. The first kappa shape index (κ1) is 15.2. The van der Waals surface area contributed by atoms with Gasteiger partial charge in [0.15, 0.2) is 7.37 Å². The molecular weight excluding hydrogens is 215 g/mol. The van der Waals surface area contributed by atoms with Crippen LogP contribution in [0.4, 0.5) is 0 Å². The van der Waals surface area contributed by atoms with Crippen molar-refractivity contribution in [2.45, 2.75) is 39.5 Å². The van der Waals surface area contributed by atoms with E-state index in [-0.39, 0.29) is 17.1 Å². The van der Waals surface area contributed by atoms with Crippen molar-refractivity contribution in [1.29, 1.82) is 0 Å². The zero-order valence-electron chi connectivity index (χ0n) is 7.90. The quantitative estimate of drug-likeness (QED) is 0.436. The molecule has 76 valence electrons. The molecule has 0 spiro atoms. The third kappa shape index (κ3) is 8.80. The van der Waals surface area contributed by atoms with Crippen LogP contribution >= 0.6 is 7.37 Å². The normalized spacial score (nSPS) is 14.9. The number of unbranched alkanes of at least 4 members (excludes halogenated alkanes) is 3. The molecule has 1 atom stereocenters. The Morgan fingerprint density at radius 1 is 1.17 bits per heavy atom. The van der Waals surface area contributed by atoms with Crippen LogP contribution in [0.2, 0.25) is 0 Å². The van der Waals surface area contributed by atoms with Gasteiger partial charge in [0.05, 0.1) is 0 Å². The van der Waals surface area contributed by atoms with Gasteiger partial charge in [-0.15, -0.1) is 0 Å². The molecule has 0 saturated heterocycles. The second kappa shape index (κ2) is 8.31. The Bertz CT molecular complexity index is 139. The number of hydrogen-bond acceptors (Lipinski definition) is 1. The van der Waals surface area contributed by atoms with Gasteiger partial charge in [-0.1, -0.05) is 33.1 Å². The van der Waals surface area contributed by atoms with Gasteiger partial charge < -0.3 is 4.89 Å². The first-order valence-corrected chi connectivity index (χ1v) is 6.46. The van der Waals surface area contributed by atoms with Crippen molar-refractivity contribution in [2.24, 2.45) is 0 Å². The van der Waals surface area contributed by atoms with E-state index in [9.17, 15) is 9.46 Å². The minimum Gasteiger partial charge on any atom is -0.344 e. The fourth-order valence-electron chi connectivity index (χ4n) is 0.944. The predicted molar refractivity (Wildman–Crippen MR) is 49.4 cm³/mol. The first-order valence-electron chi connectivity index (χ1n) is 4.43. The Morgan fingerprint density at radius 3 is 2.17 bits per heavy atom. The molecule has 12 heavy (non-hydrogen) atoms. The molecule has 0 radical (unpaired) electrons. The van der Waals surface area contributed by atoms with Crippen molar-refractivity contribution in [1.82, 2.24) is 0 Å². The van der Waals surface area contributed by atoms with Gasteiger partial charge in [-0.25, -0.2) is 0 Å². The Kier molecular flexibility index (Phi) is 10.5. The summed E-state index contributed by atoms with van der Waals surface area (Å²) in [4.78, 5) is 9.18. The molecule has 4 heteroatoms. The van der Waals surface area contributed by atoms with Crippen molar-refractivity contribution in [3.05, 3.63) is 0 Å². The number of rotatable bonds is 6. The molecule has 0 saturated carbocycles. The summed E-state index contributed by atoms with van der Waals surface area (Å²) >= 11 is 0. The fraction of sp³-hybridized carbons (Fsp3) is 1.00. The maximum atomic E-state index is 11.1. The van der Waals surface area contributed by atoms with Gasteiger partial charge in [-0.3, -0.25) is 4.57 Å². The van der Waals surface area contributed by atoms with Crippen LogP contribution in [0.5, 0.6) is 0 Å². The summed E-state index contributed by atoms with van der Waals surface area (Å²) < 4.78 is 11.1. The van der Waals surface area contributed by atoms with Crippen LogP contribution in [-0.2, 0) is 21.6 Å². The third-order valence-corrected chi connectivity index (χ3v) is 3.86. The standard InChI is InChI=1S/C8H19O2P.Fe/c1-3-5-6-7-8-11(9,10)4-2;/h3-8H2,1-2H3,(H,9,10);. The smallest absolute Gasteiger partial charge is 0.200 e. The topological polar surface area (TPSA) is 37.3 Å². The van der Waals surface area contributed by atoms with E-state index in [1.165, 1.54) is 12.8 Å². The molecular formula is C8H19FeO2P. The summed E-state index contributed by atoms with van der Waals surface area (Å²) in [7, 11) is -2.71. The predicted octanol–water partition coefficient (Wildman–Crippen LogP) is 2.85. The van der Waals surface area contributed by atoms with E-state index < -0.39 is 7.37 Å². The van der Waals surface area contributed by atoms with Crippen LogP contribution in [0.15, 0.2) is 0 Å². The minimum absolute atomic E-state index is 0. The van der Waals surface area contributed by atoms with Crippen molar-refractivity contribution >= 4 is 7.37 Å². The molecule has 0 amide bonds. The van der Waals surface area contributed by atoms with Crippen LogP contribution in [-0.4, -0.2) is 17.2 Å². The summed E-state index contributed by atoms with van der Waals surface area (Å²) in [5.41, 5.74) is 0. The molecule has 0 aromatic carbocycles. The zero-order chi connectivity index (χ0) is 8.74. The molecule has 0 bridgehead atoms. The molecule has 1 unspecified atom stereocenters. The molecule has 0 aromatic heterocycles. The maximum Gasteiger partial charge on any atom is 0.200 e. The van der Waals surface area contributed by atoms with E-state index in [1.54, 1.807) is 6.92 Å². The Labute approximate surface area is 86.1 Å². The van der Waals surface area contributed by atoms with Crippen molar-refractivity contribution in [2.75, 3.05) is 12.3 Å². The minimum atomic E-state index is -2.71. The van der Waals surface area contributed by atoms with Crippen molar-refractivity contribution < 1.29 is 26.5 Å². The summed E-state index contributed by atoms with van der Waals surface area (Å²) in [5.74, 6) is 0. The fourth-order valence-corrected chi connectivity index (χ4v) is 1.98. The van der Waals surface area contributed by atoms with Crippen LogP contribution in [0.25, 0.3) is 0 Å². The van der Waals surface area contributed by atoms with Gasteiger partial charge in [0.1, 0.15) is 0 Å². The summed E-state index contributed by atoms with van der Waals surface area (Å²) in [6.45, 7) is 3.92. The van der Waals surface area contributed by atoms with E-state index in [0.29, 0.717) is 12.3 Å². The first-order chi connectivity index (χ1) is 5.12. The zero-order valence-corrected chi connectivity index (χ0v) is 9.90. The molecule has 0 aliphatic heterocycles. The maximum absolute atomic E-state index is 11.1. The second-order valence-corrected chi connectivity index (χ2v) is 5.72. The molecule has 0 rings (SSSR count). The van der Waals surface area contributed by atoms with Crippen LogP contribution in [0.1, 0.15) is 39.5 Å². The van der Waals surface area contributed by atoms with Gasteiger partial charge in [0.2, 0.25) is 0 Å². The van der Waals surface area contributed by atoms with Gasteiger partial charge in [-0.2, -0.15) is 0 Å². The van der Waals surface area contributed by atoms with E-state index in [4.69, 9.17) is 0 Å². The summed E-state index contributed by atoms with van der Waals surface area (Å²) in [5, 5.41) is 0. The molecule has 0 aliphatic carbocycles.